The van der Waals surface area contributed by atoms with E-state index in [-0.39, 0.29) is 23.0 Å². The molecule has 3 heterocycles. The lowest BCUT2D eigenvalue weighted by molar-refractivity contribution is 0.0995. The number of carbonyl (C=O) groups excluding carboxylic acids is 2. The summed E-state index contributed by atoms with van der Waals surface area (Å²) in [5.74, 6) is -0.385. The molecular formula is C17H17N3O3S2. The Bertz CT molecular complexity index is 889. The second-order valence-corrected chi connectivity index (χ2v) is 8.28. The van der Waals surface area contributed by atoms with Crippen molar-refractivity contribution in [2.24, 2.45) is 0 Å². The first-order chi connectivity index (χ1) is 11.8. The van der Waals surface area contributed by atoms with E-state index in [1.807, 2.05) is 5.38 Å². The van der Waals surface area contributed by atoms with Crippen LogP contribution in [0.5, 0.6) is 0 Å². The van der Waals surface area contributed by atoms with Gasteiger partial charge in [-0.1, -0.05) is 20.8 Å². The molecule has 6 nitrogen and oxygen atoms in total. The Kier molecular flexibility index (Phi) is 4.73. The van der Waals surface area contributed by atoms with Gasteiger partial charge in [0, 0.05) is 10.8 Å². The molecular weight excluding hydrogens is 358 g/mol. The molecule has 0 spiro atoms. The van der Waals surface area contributed by atoms with Crippen LogP contribution in [-0.4, -0.2) is 16.8 Å². The van der Waals surface area contributed by atoms with Crippen molar-refractivity contribution in [2.45, 2.75) is 26.2 Å². The molecule has 0 radical (unpaired) electrons. The molecule has 3 aromatic rings. The van der Waals surface area contributed by atoms with Crippen LogP contribution < -0.4 is 10.6 Å². The van der Waals surface area contributed by atoms with E-state index in [1.54, 1.807) is 24.3 Å². The molecule has 130 valence electrons. The van der Waals surface area contributed by atoms with Crippen molar-refractivity contribution in [3.63, 3.8) is 0 Å². The zero-order valence-corrected chi connectivity index (χ0v) is 15.6. The van der Waals surface area contributed by atoms with Crippen molar-refractivity contribution in [2.75, 3.05) is 10.6 Å². The molecule has 8 heteroatoms. The molecule has 0 aliphatic rings. The SMILES string of the molecule is CC(C)(C)c1csc(NC(=O)c2ccc(NC(=O)c3ccco3)s2)n1. The summed E-state index contributed by atoms with van der Waals surface area (Å²) in [4.78, 5) is 29.2. The highest BCUT2D eigenvalue weighted by Gasteiger charge is 2.19. The lowest BCUT2D eigenvalue weighted by Gasteiger charge is -2.14. The maximum atomic E-state index is 12.3. The number of nitrogens with zero attached hydrogens (tertiary/aromatic N) is 1. The highest BCUT2D eigenvalue weighted by Crippen LogP contribution is 2.28. The molecule has 0 aliphatic heterocycles. The van der Waals surface area contributed by atoms with Crippen LogP contribution in [0.2, 0.25) is 0 Å². The van der Waals surface area contributed by atoms with Gasteiger partial charge in [-0.15, -0.1) is 22.7 Å². The molecule has 0 bridgehead atoms. The van der Waals surface area contributed by atoms with Gasteiger partial charge in [0.1, 0.15) is 0 Å². The van der Waals surface area contributed by atoms with Gasteiger partial charge < -0.3 is 9.73 Å². The number of nitrogens with one attached hydrogen (secondary N) is 2. The minimum absolute atomic E-state index is 0.0638. The van der Waals surface area contributed by atoms with Gasteiger partial charge in [-0.05, 0) is 24.3 Å². The van der Waals surface area contributed by atoms with E-state index in [0.29, 0.717) is 15.0 Å². The van der Waals surface area contributed by atoms with Gasteiger partial charge in [-0.3, -0.25) is 14.9 Å². The van der Waals surface area contributed by atoms with Gasteiger partial charge in [-0.2, -0.15) is 0 Å². The first-order valence-corrected chi connectivity index (χ1v) is 9.24. The van der Waals surface area contributed by atoms with E-state index >= 15 is 0 Å². The average molecular weight is 375 g/mol. The van der Waals surface area contributed by atoms with Crippen molar-refractivity contribution >= 4 is 44.6 Å². The zero-order chi connectivity index (χ0) is 18.0. The molecule has 0 unspecified atom stereocenters. The summed E-state index contributed by atoms with van der Waals surface area (Å²) >= 11 is 2.58. The summed E-state index contributed by atoms with van der Waals surface area (Å²) in [5.41, 5.74) is 0.872. The van der Waals surface area contributed by atoms with E-state index in [1.165, 1.54) is 28.9 Å². The third kappa shape index (κ3) is 4.15. The molecule has 2 amide bonds. The van der Waals surface area contributed by atoms with E-state index < -0.39 is 0 Å². The maximum Gasteiger partial charge on any atom is 0.291 e. The molecule has 0 saturated heterocycles. The summed E-state index contributed by atoms with van der Waals surface area (Å²) in [6, 6.07) is 6.56. The number of thiophene rings is 1. The molecule has 0 saturated carbocycles. The summed E-state index contributed by atoms with van der Waals surface area (Å²) in [6.07, 6.45) is 1.43. The summed E-state index contributed by atoms with van der Waals surface area (Å²) < 4.78 is 5.04. The van der Waals surface area contributed by atoms with Gasteiger partial charge >= 0.3 is 0 Å². The van der Waals surface area contributed by atoms with Crippen molar-refractivity contribution in [3.8, 4) is 0 Å². The van der Waals surface area contributed by atoms with Crippen LogP contribution in [0, 0.1) is 0 Å². The van der Waals surface area contributed by atoms with Crippen LogP contribution in [0.3, 0.4) is 0 Å². The van der Waals surface area contributed by atoms with Crippen LogP contribution >= 0.6 is 22.7 Å². The monoisotopic (exact) mass is 375 g/mol. The van der Waals surface area contributed by atoms with E-state index in [4.69, 9.17) is 4.42 Å². The summed E-state index contributed by atoms with van der Waals surface area (Å²) in [7, 11) is 0. The Morgan fingerprint density at radius 3 is 2.56 bits per heavy atom. The highest BCUT2D eigenvalue weighted by molar-refractivity contribution is 7.18. The quantitative estimate of drug-likeness (QED) is 0.698. The van der Waals surface area contributed by atoms with Gasteiger partial charge in [0.2, 0.25) is 0 Å². The Balaban J connectivity index is 1.64. The fraction of sp³-hybridized carbons (Fsp3) is 0.235. The summed E-state index contributed by atoms with van der Waals surface area (Å²) in [5, 5.41) is 8.57. The minimum Gasteiger partial charge on any atom is -0.459 e. The standard InChI is InChI=1S/C17H17N3O3S2/c1-17(2,3)12-9-24-16(18-12)20-15(22)11-6-7-13(25-11)19-14(21)10-5-4-8-23-10/h4-9H,1-3H3,(H,19,21)(H,18,20,22). The molecule has 3 aromatic heterocycles. The largest absolute Gasteiger partial charge is 0.459 e. The third-order valence-corrected chi connectivity index (χ3v) is 5.06. The predicted molar refractivity (Wildman–Crippen MR) is 99.7 cm³/mol. The Morgan fingerprint density at radius 1 is 1.12 bits per heavy atom. The number of hydrogen-bond donors (Lipinski definition) is 2. The van der Waals surface area contributed by atoms with E-state index in [2.05, 4.69) is 36.4 Å². The topological polar surface area (TPSA) is 84.2 Å². The molecule has 3 rings (SSSR count). The van der Waals surface area contributed by atoms with E-state index in [9.17, 15) is 9.59 Å². The number of hydrogen-bond acceptors (Lipinski definition) is 6. The highest BCUT2D eigenvalue weighted by atomic mass is 32.1. The minimum atomic E-state index is -0.353. The second-order valence-electron chi connectivity index (χ2n) is 6.34. The number of aromatic nitrogens is 1. The van der Waals surface area contributed by atoms with Crippen molar-refractivity contribution in [1.82, 2.24) is 4.98 Å². The van der Waals surface area contributed by atoms with Gasteiger partial charge in [-0.25, -0.2) is 4.98 Å². The lowest BCUT2D eigenvalue weighted by Crippen LogP contribution is -2.13. The lowest BCUT2D eigenvalue weighted by atomic mass is 9.93. The second kappa shape index (κ2) is 6.81. The van der Waals surface area contributed by atoms with Gasteiger partial charge in [0.25, 0.3) is 11.8 Å². The zero-order valence-electron chi connectivity index (χ0n) is 14.0. The smallest absolute Gasteiger partial charge is 0.291 e. The predicted octanol–water partition coefficient (Wildman–Crippen LogP) is 4.60. The van der Waals surface area contributed by atoms with Crippen LogP contribution in [-0.2, 0) is 5.41 Å². The first-order valence-electron chi connectivity index (χ1n) is 7.55. The van der Waals surface area contributed by atoms with Crippen molar-refractivity contribution in [3.05, 3.63) is 52.2 Å². The molecule has 25 heavy (non-hydrogen) atoms. The number of carbonyl (C=O) groups is 2. The third-order valence-electron chi connectivity index (χ3n) is 3.30. The average Bonchev–Trinajstić information content (AvgIpc) is 3.28. The fourth-order valence-corrected chi connectivity index (χ4v) is 3.67. The van der Waals surface area contributed by atoms with Crippen LogP contribution in [0.25, 0.3) is 0 Å². The van der Waals surface area contributed by atoms with Gasteiger partial charge in [0.05, 0.1) is 21.8 Å². The molecule has 0 aliphatic carbocycles. The normalized spacial score (nSPS) is 11.3. The maximum absolute atomic E-state index is 12.3. The number of furan rings is 1. The molecule has 0 fully saturated rings. The Labute approximate surface area is 152 Å². The van der Waals surface area contributed by atoms with Crippen LogP contribution in [0.1, 0.15) is 46.7 Å². The number of rotatable bonds is 4. The first kappa shape index (κ1) is 17.4. The number of anilines is 2. The number of amides is 2. The molecule has 0 atom stereocenters. The van der Waals surface area contributed by atoms with Crippen molar-refractivity contribution < 1.29 is 14.0 Å². The fourth-order valence-electron chi connectivity index (χ4n) is 1.94. The van der Waals surface area contributed by atoms with Crippen molar-refractivity contribution in [1.29, 1.82) is 0 Å². The molecule has 2 N–H and O–H groups in total. The van der Waals surface area contributed by atoms with E-state index in [0.717, 1.165) is 5.69 Å². The Hall–Kier alpha value is -2.45. The van der Waals surface area contributed by atoms with Crippen LogP contribution in [0.4, 0.5) is 10.1 Å². The summed E-state index contributed by atoms with van der Waals surface area (Å²) in [6.45, 7) is 6.21. The number of thiazole rings is 1. The Morgan fingerprint density at radius 2 is 1.92 bits per heavy atom. The van der Waals surface area contributed by atoms with Crippen LogP contribution in [0.15, 0.2) is 40.3 Å². The van der Waals surface area contributed by atoms with Gasteiger partial charge in [0.15, 0.2) is 10.9 Å². The molecule has 0 aromatic carbocycles.